The number of alkyl halides is 1. The van der Waals surface area contributed by atoms with E-state index in [2.05, 4.69) is 5.32 Å². The molecule has 9 heteroatoms. The smallest absolute Gasteiger partial charge is 0.250 e. The molecule has 0 aliphatic carbocycles. The van der Waals surface area contributed by atoms with Gasteiger partial charge in [-0.1, -0.05) is 6.07 Å². The van der Waals surface area contributed by atoms with Crippen molar-refractivity contribution in [2.45, 2.75) is 36.6 Å². The molecular weight excluding hydrogens is 426 g/mol. The zero-order valence-corrected chi connectivity index (χ0v) is 18.0. The fourth-order valence-corrected chi connectivity index (χ4v) is 6.05. The average Bonchev–Trinajstić information content (AvgIpc) is 2.73. The molecule has 2 unspecified atom stereocenters. The fourth-order valence-electron chi connectivity index (χ4n) is 4.36. The summed E-state index contributed by atoms with van der Waals surface area (Å²) in [6.45, 7) is 1.31. The number of rotatable bonds is 6. The molecule has 1 amide bonds. The van der Waals surface area contributed by atoms with Crippen molar-refractivity contribution in [3.8, 4) is 0 Å². The Balaban J connectivity index is 1.51. The molecule has 2 aromatic rings. The molecule has 30 heavy (non-hydrogen) atoms. The summed E-state index contributed by atoms with van der Waals surface area (Å²) in [6.07, 6.45) is 1.81. The Hall–Kier alpha value is -2.16. The summed E-state index contributed by atoms with van der Waals surface area (Å²) in [6, 6.07) is 11.5. The van der Waals surface area contributed by atoms with Gasteiger partial charge in [0.25, 0.3) is 5.56 Å². The second kappa shape index (κ2) is 8.53. The number of hydrogen-bond donors (Lipinski definition) is 1. The van der Waals surface area contributed by atoms with Gasteiger partial charge in [-0.3, -0.25) is 9.59 Å². The number of piperidine rings is 1. The van der Waals surface area contributed by atoms with Crippen LogP contribution in [-0.4, -0.2) is 42.2 Å². The molecule has 0 saturated carbocycles. The van der Waals surface area contributed by atoms with Gasteiger partial charge in [-0.15, -0.1) is 11.6 Å². The number of sulfonamides is 1. The topological polar surface area (TPSA) is 88.5 Å². The fraction of sp³-hybridized carbons (Fsp3) is 0.429. The van der Waals surface area contributed by atoms with Gasteiger partial charge in [-0.25, -0.2) is 8.42 Å². The molecule has 2 aliphatic heterocycles. The van der Waals surface area contributed by atoms with E-state index in [9.17, 15) is 18.0 Å². The zero-order valence-electron chi connectivity index (χ0n) is 16.5. The van der Waals surface area contributed by atoms with Crippen LogP contribution in [0.2, 0.25) is 0 Å². The quantitative estimate of drug-likeness (QED) is 0.686. The van der Waals surface area contributed by atoms with E-state index in [-0.39, 0.29) is 28.2 Å². The number of aromatic nitrogens is 1. The summed E-state index contributed by atoms with van der Waals surface area (Å²) < 4.78 is 29.8. The predicted octanol–water partition coefficient (Wildman–Crippen LogP) is 2.61. The number of amides is 1. The van der Waals surface area contributed by atoms with Crippen LogP contribution in [0.3, 0.4) is 0 Å². The maximum Gasteiger partial charge on any atom is 0.250 e. The highest BCUT2D eigenvalue weighted by Gasteiger charge is 2.39. The summed E-state index contributed by atoms with van der Waals surface area (Å²) in [5.41, 5.74) is 1.44. The number of hydrogen-bond acceptors (Lipinski definition) is 4. The molecule has 2 atom stereocenters. The number of halogens is 1. The number of carbonyl (C=O) groups excluding carboxylic acids is 1. The van der Waals surface area contributed by atoms with Gasteiger partial charge in [0, 0.05) is 55.3 Å². The standard InChI is InChI=1S/C21H24ClN3O4S/c22-10-2-4-20(26)23-17-6-8-18(9-7-17)30(28,29)24-12-15-11-16(14-24)19-3-1-5-21(27)25(19)13-15/h1,3,5-9,15-16H,2,4,10-14H2,(H,23,26). The van der Waals surface area contributed by atoms with Crippen molar-refractivity contribution in [2.24, 2.45) is 5.92 Å². The Kier molecular flexibility index (Phi) is 5.99. The van der Waals surface area contributed by atoms with Crippen LogP contribution in [-0.2, 0) is 21.4 Å². The van der Waals surface area contributed by atoms with Gasteiger partial charge in [0.1, 0.15) is 0 Å². The number of benzene rings is 1. The lowest BCUT2D eigenvalue weighted by atomic mass is 9.84. The van der Waals surface area contributed by atoms with Crippen molar-refractivity contribution >= 4 is 33.2 Å². The van der Waals surface area contributed by atoms with Gasteiger partial charge < -0.3 is 9.88 Å². The molecule has 1 aromatic carbocycles. The summed E-state index contributed by atoms with van der Waals surface area (Å²) in [7, 11) is -3.66. The van der Waals surface area contributed by atoms with Crippen LogP contribution in [0.1, 0.15) is 30.9 Å². The van der Waals surface area contributed by atoms with Crippen molar-refractivity contribution in [3.63, 3.8) is 0 Å². The molecule has 160 valence electrons. The first-order valence-corrected chi connectivity index (χ1v) is 12.0. The van der Waals surface area contributed by atoms with E-state index in [1.54, 1.807) is 28.8 Å². The predicted molar refractivity (Wildman–Crippen MR) is 115 cm³/mol. The number of nitrogens with zero attached hydrogens (tertiary/aromatic N) is 2. The van der Waals surface area contributed by atoms with E-state index in [1.165, 1.54) is 16.4 Å². The number of fused-ring (bicyclic) bond motifs is 4. The SMILES string of the molecule is O=C(CCCCl)Nc1ccc(S(=O)(=O)N2CC3CC(C2)c2cccc(=O)n2C3)cc1. The van der Waals surface area contributed by atoms with Crippen molar-refractivity contribution in [1.29, 1.82) is 0 Å². The second-order valence-corrected chi connectivity index (χ2v) is 10.2. The third-order valence-electron chi connectivity index (χ3n) is 5.76. The summed E-state index contributed by atoms with van der Waals surface area (Å²) in [5.74, 6) is 0.402. The highest BCUT2D eigenvalue weighted by atomic mass is 35.5. The largest absolute Gasteiger partial charge is 0.326 e. The third kappa shape index (κ3) is 4.17. The van der Waals surface area contributed by atoms with Crippen molar-refractivity contribution in [1.82, 2.24) is 8.87 Å². The number of carbonyl (C=O) groups is 1. The average molecular weight is 450 g/mol. The number of pyridine rings is 1. The first-order valence-electron chi connectivity index (χ1n) is 10.0. The normalized spacial score (nSPS) is 21.1. The van der Waals surface area contributed by atoms with Gasteiger partial charge in [0.2, 0.25) is 15.9 Å². The van der Waals surface area contributed by atoms with Crippen LogP contribution >= 0.6 is 11.6 Å². The Morgan fingerprint density at radius 3 is 2.60 bits per heavy atom. The van der Waals surface area contributed by atoms with Gasteiger partial charge in [-0.05, 0) is 49.1 Å². The molecule has 4 rings (SSSR count). The molecule has 2 aliphatic rings. The molecule has 1 N–H and O–H groups in total. The molecule has 0 radical (unpaired) electrons. The lowest BCUT2D eigenvalue weighted by Gasteiger charge is -2.42. The van der Waals surface area contributed by atoms with E-state index < -0.39 is 10.0 Å². The minimum atomic E-state index is -3.66. The van der Waals surface area contributed by atoms with Gasteiger partial charge in [-0.2, -0.15) is 4.31 Å². The van der Waals surface area contributed by atoms with Crippen LogP contribution in [0.15, 0.2) is 52.2 Å². The minimum absolute atomic E-state index is 0.0154. The molecule has 0 spiro atoms. The minimum Gasteiger partial charge on any atom is -0.326 e. The van der Waals surface area contributed by atoms with Crippen LogP contribution < -0.4 is 10.9 Å². The first-order chi connectivity index (χ1) is 14.4. The zero-order chi connectivity index (χ0) is 21.3. The Labute approximate surface area is 180 Å². The summed E-state index contributed by atoms with van der Waals surface area (Å²) >= 11 is 5.60. The molecular formula is C21H24ClN3O4S. The van der Waals surface area contributed by atoms with Gasteiger partial charge in [0.05, 0.1) is 4.90 Å². The monoisotopic (exact) mass is 449 g/mol. The molecule has 7 nitrogen and oxygen atoms in total. The Morgan fingerprint density at radius 1 is 1.10 bits per heavy atom. The highest BCUT2D eigenvalue weighted by Crippen LogP contribution is 2.37. The van der Waals surface area contributed by atoms with Crippen molar-refractivity contribution in [3.05, 3.63) is 58.5 Å². The van der Waals surface area contributed by atoms with Gasteiger partial charge in [0.15, 0.2) is 0 Å². The van der Waals surface area contributed by atoms with E-state index in [0.717, 1.165) is 12.1 Å². The lowest BCUT2D eigenvalue weighted by Crippen LogP contribution is -2.48. The molecule has 1 aromatic heterocycles. The Bertz CT molecular complexity index is 1100. The number of nitrogens with one attached hydrogen (secondary N) is 1. The molecule has 3 heterocycles. The summed E-state index contributed by atoms with van der Waals surface area (Å²) in [4.78, 5) is 24.2. The van der Waals surface area contributed by atoms with Crippen LogP contribution in [0.25, 0.3) is 0 Å². The van der Waals surface area contributed by atoms with E-state index in [1.807, 2.05) is 6.07 Å². The maximum atomic E-state index is 13.2. The second-order valence-electron chi connectivity index (χ2n) is 7.89. The van der Waals surface area contributed by atoms with E-state index in [4.69, 9.17) is 11.6 Å². The third-order valence-corrected chi connectivity index (χ3v) is 7.87. The Morgan fingerprint density at radius 2 is 1.87 bits per heavy atom. The van der Waals surface area contributed by atoms with Gasteiger partial charge >= 0.3 is 0 Å². The molecule has 2 bridgehead atoms. The van der Waals surface area contributed by atoms with Crippen LogP contribution in [0.4, 0.5) is 5.69 Å². The van der Waals surface area contributed by atoms with E-state index >= 15 is 0 Å². The van der Waals surface area contributed by atoms with Crippen molar-refractivity contribution < 1.29 is 13.2 Å². The van der Waals surface area contributed by atoms with Crippen molar-refractivity contribution in [2.75, 3.05) is 24.3 Å². The van der Waals surface area contributed by atoms with Crippen LogP contribution in [0.5, 0.6) is 0 Å². The maximum absolute atomic E-state index is 13.2. The highest BCUT2D eigenvalue weighted by molar-refractivity contribution is 7.89. The molecule has 1 fully saturated rings. The molecule has 1 saturated heterocycles. The summed E-state index contributed by atoms with van der Waals surface area (Å²) in [5, 5.41) is 2.75. The van der Waals surface area contributed by atoms with E-state index in [0.29, 0.717) is 44.0 Å². The lowest BCUT2D eigenvalue weighted by molar-refractivity contribution is -0.116. The van der Waals surface area contributed by atoms with Crippen LogP contribution in [0, 0.1) is 5.92 Å². The first kappa shape index (κ1) is 21.1. The number of anilines is 1.